The quantitative estimate of drug-likeness (QED) is 0.438. The highest BCUT2D eigenvalue weighted by Crippen LogP contribution is 2.34. The number of amides is 1. The molecular formula is C21H18N4O3S2. The van der Waals surface area contributed by atoms with Gasteiger partial charge in [-0.3, -0.25) is 9.59 Å². The first-order valence-electron chi connectivity index (χ1n) is 9.65. The normalized spacial score (nSPS) is 12.9. The minimum atomic E-state index is -0.191. The Hall–Kier alpha value is -3.04. The molecule has 1 aliphatic rings. The summed E-state index contributed by atoms with van der Waals surface area (Å²) in [6, 6.07) is 6.81. The molecule has 0 saturated carbocycles. The largest absolute Gasteiger partial charge is 0.508 e. The summed E-state index contributed by atoms with van der Waals surface area (Å²) in [5.74, 6) is 0.505. The van der Waals surface area contributed by atoms with Crippen molar-refractivity contribution in [3.8, 4) is 17.0 Å². The van der Waals surface area contributed by atoms with Gasteiger partial charge < -0.3 is 15.4 Å². The number of nitrogens with one attached hydrogen (secondary N) is 2. The number of thiazole rings is 1. The molecule has 0 bridgehead atoms. The average Bonchev–Trinajstić information content (AvgIpc) is 3.42. The van der Waals surface area contributed by atoms with Crippen molar-refractivity contribution in [3.05, 3.63) is 56.3 Å². The fourth-order valence-electron chi connectivity index (χ4n) is 3.71. The van der Waals surface area contributed by atoms with Gasteiger partial charge in [0.1, 0.15) is 16.4 Å². The number of phenolic OH excluding ortho intramolecular Hbond substituents is 1. The molecule has 3 heterocycles. The van der Waals surface area contributed by atoms with E-state index in [-0.39, 0.29) is 23.6 Å². The van der Waals surface area contributed by atoms with E-state index in [1.165, 1.54) is 16.2 Å². The number of fused-ring (bicyclic) bond motifs is 3. The lowest BCUT2D eigenvalue weighted by Gasteiger charge is -2.03. The van der Waals surface area contributed by atoms with Gasteiger partial charge in [0.15, 0.2) is 5.13 Å². The van der Waals surface area contributed by atoms with Crippen LogP contribution in [0.3, 0.4) is 0 Å². The number of aromatic hydroxyl groups is 1. The number of hydrogen-bond donors (Lipinski definition) is 3. The molecule has 0 spiro atoms. The van der Waals surface area contributed by atoms with Gasteiger partial charge in [-0.2, -0.15) is 0 Å². The smallest absolute Gasteiger partial charge is 0.259 e. The zero-order valence-electron chi connectivity index (χ0n) is 15.9. The van der Waals surface area contributed by atoms with Crippen LogP contribution in [0.4, 0.5) is 5.13 Å². The molecule has 0 fully saturated rings. The number of thiophene rings is 1. The first kappa shape index (κ1) is 19.0. The molecule has 0 aliphatic heterocycles. The summed E-state index contributed by atoms with van der Waals surface area (Å²) in [6.45, 7) is 0. The number of aryl methyl sites for hydroxylation is 3. The number of carbonyl (C=O) groups excluding carboxylic acids is 1. The fourth-order valence-corrected chi connectivity index (χ4v) is 5.72. The molecule has 152 valence electrons. The van der Waals surface area contributed by atoms with Crippen LogP contribution in [-0.2, 0) is 24.1 Å². The van der Waals surface area contributed by atoms with Crippen LogP contribution in [0, 0.1) is 0 Å². The van der Waals surface area contributed by atoms with Crippen LogP contribution >= 0.6 is 22.7 Å². The Morgan fingerprint density at radius 1 is 1.27 bits per heavy atom. The second-order valence-electron chi connectivity index (χ2n) is 7.19. The molecule has 9 heteroatoms. The van der Waals surface area contributed by atoms with Crippen LogP contribution in [0.15, 0.2) is 34.4 Å². The van der Waals surface area contributed by atoms with Crippen LogP contribution in [0.2, 0.25) is 0 Å². The number of aromatic amines is 1. The van der Waals surface area contributed by atoms with Crippen LogP contribution < -0.4 is 10.9 Å². The van der Waals surface area contributed by atoms with E-state index in [0.717, 1.165) is 40.6 Å². The van der Waals surface area contributed by atoms with Crippen molar-refractivity contribution in [2.75, 3.05) is 5.32 Å². The van der Waals surface area contributed by atoms with Gasteiger partial charge in [0.2, 0.25) is 5.91 Å². The number of phenols is 1. The standard InChI is InChI=1S/C21H18N4O3S2/c26-12-4-1-3-11(9-12)14-10-29-21(22-14)25-17(27)8-7-16-23-19(28)18-13-5-2-6-15(13)30-20(18)24-16/h1,3-4,9-10,26H,2,5-8H2,(H,22,25,27)(H,23,24,28). The van der Waals surface area contributed by atoms with Crippen LogP contribution in [0.1, 0.15) is 29.1 Å². The van der Waals surface area contributed by atoms with Gasteiger partial charge in [-0.15, -0.1) is 22.7 Å². The molecule has 0 saturated heterocycles. The predicted molar refractivity (Wildman–Crippen MR) is 118 cm³/mol. The fraction of sp³-hybridized carbons (Fsp3) is 0.238. The van der Waals surface area contributed by atoms with E-state index >= 15 is 0 Å². The second-order valence-corrected chi connectivity index (χ2v) is 9.13. The zero-order chi connectivity index (χ0) is 20.7. The first-order valence-corrected chi connectivity index (χ1v) is 11.3. The molecule has 30 heavy (non-hydrogen) atoms. The zero-order valence-corrected chi connectivity index (χ0v) is 17.5. The third-order valence-corrected chi connectivity index (χ3v) is 7.05. The number of H-pyrrole nitrogens is 1. The number of carbonyl (C=O) groups is 1. The van der Waals surface area contributed by atoms with Gasteiger partial charge >= 0.3 is 0 Å². The van der Waals surface area contributed by atoms with E-state index in [0.29, 0.717) is 23.1 Å². The summed E-state index contributed by atoms with van der Waals surface area (Å²) in [6.07, 6.45) is 3.61. The van der Waals surface area contributed by atoms with Crippen molar-refractivity contribution < 1.29 is 9.90 Å². The molecule has 7 nitrogen and oxygen atoms in total. The number of anilines is 1. The molecule has 1 aliphatic carbocycles. The summed E-state index contributed by atoms with van der Waals surface area (Å²) >= 11 is 2.92. The Kier molecular flexibility index (Phi) is 4.84. The van der Waals surface area contributed by atoms with E-state index in [2.05, 4.69) is 20.3 Å². The van der Waals surface area contributed by atoms with E-state index < -0.39 is 0 Å². The third-order valence-electron chi connectivity index (χ3n) is 5.11. The molecule has 4 aromatic rings. The molecule has 5 rings (SSSR count). The summed E-state index contributed by atoms with van der Waals surface area (Å²) < 4.78 is 0. The van der Waals surface area contributed by atoms with Crippen molar-refractivity contribution >= 4 is 43.9 Å². The summed E-state index contributed by atoms with van der Waals surface area (Å²) in [5, 5.41) is 15.4. The number of aromatic nitrogens is 3. The number of rotatable bonds is 5. The van der Waals surface area contributed by atoms with Gasteiger partial charge in [-0.1, -0.05) is 12.1 Å². The average molecular weight is 439 g/mol. The Labute approximate surface area is 179 Å². The monoisotopic (exact) mass is 438 g/mol. The first-order chi connectivity index (χ1) is 14.6. The SMILES string of the molecule is O=C(CCc1nc2sc3c(c2c(=O)[nH]1)CCC3)Nc1nc(-c2cccc(O)c2)cs1. The summed E-state index contributed by atoms with van der Waals surface area (Å²) in [5.41, 5.74) is 2.52. The highest BCUT2D eigenvalue weighted by molar-refractivity contribution is 7.18. The minimum Gasteiger partial charge on any atom is -0.508 e. The molecule has 0 atom stereocenters. The lowest BCUT2D eigenvalue weighted by Crippen LogP contribution is -2.16. The molecule has 0 radical (unpaired) electrons. The molecule has 1 amide bonds. The number of nitrogens with zero attached hydrogens (tertiary/aromatic N) is 2. The van der Waals surface area contributed by atoms with Gasteiger partial charge in [-0.05, 0) is 37.0 Å². The summed E-state index contributed by atoms with van der Waals surface area (Å²) in [7, 11) is 0. The van der Waals surface area contributed by atoms with E-state index in [9.17, 15) is 14.7 Å². The van der Waals surface area contributed by atoms with Crippen LogP contribution in [0.25, 0.3) is 21.5 Å². The maximum atomic E-state index is 12.5. The van der Waals surface area contributed by atoms with Crippen molar-refractivity contribution in [3.63, 3.8) is 0 Å². The van der Waals surface area contributed by atoms with E-state index in [1.807, 2.05) is 11.4 Å². The van der Waals surface area contributed by atoms with Gasteiger partial charge in [0.05, 0.1) is 11.1 Å². The molecule has 3 N–H and O–H groups in total. The lowest BCUT2D eigenvalue weighted by atomic mass is 10.2. The lowest BCUT2D eigenvalue weighted by molar-refractivity contribution is -0.116. The topological polar surface area (TPSA) is 108 Å². The minimum absolute atomic E-state index is 0.106. The Morgan fingerprint density at radius 3 is 3.03 bits per heavy atom. The highest BCUT2D eigenvalue weighted by atomic mass is 32.1. The van der Waals surface area contributed by atoms with Crippen molar-refractivity contribution in [2.24, 2.45) is 0 Å². The van der Waals surface area contributed by atoms with Crippen LogP contribution in [0.5, 0.6) is 5.75 Å². The van der Waals surface area contributed by atoms with Crippen molar-refractivity contribution in [1.82, 2.24) is 15.0 Å². The Balaban J connectivity index is 1.25. The summed E-state index contributed by atoms with van der Waals surface area (Å²) in [4.78, 5) is 38.7. The van der Waals surface area contributed by atoms with E-state index in [1.54, 1.807) is 29.5 Å². The number of benzene rings is 1. The molecule has 3 aromatic heterocycles. The highest BCUT2D eigenvalue weighted by Gasteiger charge is 2.21. The maximum Gasteiger partial charge on any atom is 0.259 e. The third kappa shape index (κ3) is 3.61. The Morgan fingerprint density at radius 2 is 2.17 bits per heavy atom. The van der Waals surface area contributed by atoms with E-state index in [4.69, 9.17) is 0 Å². The maximum absolute atomic E-state index is 12.5. The molecule has 1 aromatic carbocycles. The van der Waals surface area contributed by atoms with Gasteiger partial charge in [-0.25, -0.2) is 9.97 Å². The van der Waals surface area contributed by atoms with Crippen molar-refractivity contribution in [2.45, 2.75) is 32.1 Å². The van der Waals surface area contributed by atoms with Crippen molar-refractivity contribution in [1.29, 1.82) is 0 Å². The molecular weight excluding hydrogens is 420 g/mol. The van der Waals surface area contributed by atoms with Gasteiger partial charge in [0, 0.05) is 28.7 Å². The van der Waals surface area contributed by atoms with Gasteiger partial charge in [0.25, 0.3) is 5.56 Å². The Bertz CT molecular complexity index is 1320. The predicted octanol–water partition coefficient (Wildman–Crippen LogP) is 3.87. The second kappa shape index (κ2) is 7.66. The molecule has 0 unspecified atom stereocenters. The van der Waals surface area contributed by atoms with Crippen LogP contribution in [-0.4, -0.2) is 26.0 Å². The number of hydrogen-bond acceptors (Lipinski definition) is 7.